The molecule has 0 radical (unpaired) electrons. The topological polar surface area (TPSA) is 37.8 Å². The maximum atomic E-state index is 6.05. The lowest BCUT2D eigenvalue weighted by atomic mass is 10.2. The molecule has 0 saturated heterocycles. The molecule has 102 valence electrons. The summed E-state index contributed by atoms with van der Waals surface area (Å²) < 4.78 is 0.808. The van der Waals surface area contributed by atoms with Crippen LogP contribution in [0.5, 0.6) is 0 Å². The van der Waals surface area contributed by atoms with Crippen LogP contribution in [0.4, 0.5) is 0 Å². The minimum atomic E-state index is 0.148. The van der Waals surface area contributed by atoms with E-state index in [9.17, 15) is 0 Å². The minimum absolute atomic E-state index is 0.148. The highest BCUT2D eigenvalue weighted by Crippen LogP contribution is 2.33. The van der Waals surface area contributed by atoms with Crippen molar-refractivity contribution in [1.29, 1.82) is 0 Å². The Labute approximate surface area is 130 Å². The van der Waals surface area contributed by atoms with Crippen LogP contribution in [0.2, 0.25) is 4.34 Å². The molecule has 0 aromatic carbocycles. The summed E-state index contributed by atoms with van der Waals surface area (Å²) in [6.07, 6.45) is 1.68. The van der Waals surface area contributed by atoms with Gasteiger partial charge in [-0.15, -0.1) is 22.7 Å². The largest absolute Gasteiger partial charge is 0.299 e. The molecule has 1 N–H and O–H groups in total. The Hall–Kier alpha value is -1.27. The highest BCUT2D eigenvalue weighted by Gasteiger charge is 2.17. The average molecular weight is 322 g/mol. The van der Waals surface area contributed by atoms with Crippen molar-refractivity contribution < 1.29 is 0 Å². The molecule has 0 aliphatic rings. The molecular weight excluding hydrogens is 310 g/mol. The van der Waals surface area contributed by atoms with Crippen LogP contribution in [0.25, 0.3) is 0 Å². The predicted octanol–water partition coefficient (Wildman–Crippen LogP) is 4.13. The maximum Gasteiger partial charge on any atom is 0.0931 e. The third-order valence-corrected chi connectivity index (χ3v) is 5.05. The lowest BCUT2D eigenvalue weighted by molar-refractivity contribution is 0.607. The summed E-state index contributed by atoms with van der Waals surface area (Å²) in [5, 5.41) is 13.6. The van der Waals surface area contributed by atoms with E-state index in [-0.39, 0.29) is 6.04 Å². The average Bonchev–Trinajstić information content (AvgIpc) is 3.13. The zero-order valence-electron chi connectivity index (χ0n) is 10.5. The number of rotatable bonds is 5. The Balaban J connectivity index is 1.80. The molecule has 0 fully saturated rings. The van der Waals surface area contributed by atoms with Crippen LogP contribution in [-0.4, -0.2) is 10.2 Å². The van der Waals surface area contributed by atoms with Gasteiger partial charge in [-0.2, -0.15) is 10.2 Å². The Morgan fingerprint density at radius 3 is 2.75 bits per heavy atom. The fourth-order valence-corrected chi connectivity index (χ4v) is 3.96. The first-order valence-corrected chi connectivity index (χ1v) is 8.19. The van der Waals surface area contributed by atoms with E-state index in [1.54, 1.807) is 28.9 Å². The normalized spacial score (nSPS) is 12.4. The summed E-state index contributed by atoms with van der Waals surface area (Å²) in [5.74, 6) is 0. The van der Waals surface area contributed by atoms with Gasteiger partial charge in [-0.3, -0.25) is 5.32 Å². The van der Waals surface area contributed by atoms with Gasteiger partial charge in [0.05, 0.1) is 16.1 Å². The summed E-state index contributed by atoms with van der Waals surface area (Å²) in [7, 11) is 0. The standard InChI is InChI=1S/C14H12ClN3S2/c15-13-6-5-12(20-13)14(11-4-2-8-19-11)16-9-10-3-1-7-17-18-10/h1-8,14,16H,9H2. The smallest absolute Gasteiger partial charge is 0.0931 e. The summed E-state index contributed by atoms with van der Waals surface area (Å²) in [4.78, 5) is 2.48. The molecule has 0 amide bonds. The van der Waals surface area contributed by atoms with Crippen LogP contribution in [0.1, 0.15) is 21.5 Å². The van der Waals surface area contributed by atoms with Crippen LogP contribution in [0, 0.1) is 0 Å². The Bertz CT molecular complexity index is 652. The second-order valence-electron chi connectivity index (χ2n) is 4.19. The van der Waals surface area contributed by atoms with Crippen molar-refractivity contribution in [3.63, 3.8) is 0 Å². The van der Waals surface area contributed by atoms with E-state index >= 15 is 0 Å². The number of hydrogen-bond acceptors (Lipinski definition) is 5. The quantitative estimate of drug-likeness (QED) is 0.767. The highest BCUT2D eigenvalue weighted by molar-refractivity contribution is 7.16. The summed E-state index contributed by atoms with van der Waals surface area (Å²) in [5.41, 5.74) is 0.928. The van der Waals surface area contributed by atoms with Gasteiger partial charge < -0.3 is 0 Å². The van der Waals surface area contributed by atoms with Gasteiger partial charge in [0.15, 0.2) is 0 Å². The molecule has 1 unspecified atom stereocenters. The number of nitrogens with zero attached hydrogens (tertiary/aromatic N) is 2. The van der Waals surface area contributed by atoms with Gasteiger partial charge in [-0.1, -0.05) is 17.7 Å². The number of halogens is 1. The van der Waals surface area contributed by atoms with Crippen LogP contribution >= 0.6 is 34.3 Å². The molecule has 20 heavy (non-hydrogen) atoms. The number of thiophene rings is 2. The van der Waals surface area contributed by atoms with E-state index in [1.807, 2.05) is 18.2 Å². The maximum absolute atomic E-state index is 6.05. The van der Waals surface area contributed by atoms with Gasteiger partial charge in [-0.25, -0.2) is 0 Å². The first-order chi connectivity index (χ1) is 9.83. The molecule has 0 aliphatic heterocycles. The minimum Gasteiger partial charge on any atom is -0.299 e. The van der Waals surface area contributed by atoms with Gasteiger partial charge in [0.1, 0.15) is 0 Å². The monoisotopic (exact) mass is 321 g/mol. The lowest BCUT2D eigenvalue weighted by Gasteiger charge is -2.15. The Morgan fingerprint density at radius 1 is 1.15 bits per heavy atom. The molecule has 0 bridgehead atoms. The van der Waals surface area contributed by atoms with Crippen molar-refractivity contribution >= 4 is 34.3 Å². The van der Waals surface area contributed by atoms with Gasteiger partial charge in [0.2, 0.25) is 0 Å². The zero-order chi connectivity index (χ0) is 13.8. The second kappa shape index (κ2) is 6.45. The van der Waals surface area contributed by atoms with Gasteiger partial charge in [-0.05, 0) is 35.7 Å². The van der Waals surface area contributed by atoms with Crippen molar-refractivity contribution in [3.8, 4) is 0 Å². The molecule has 3 aromatic heterocycles. The molecule has 0 spiro atoms. The van der Waals surface area contributed by atoms with Gasteiger partial charge in [0, 0.05) is 22.5 Å². The molecular formula is C14H12ClN3S2. The Morgan fingerprint density at radius 2 is 2.10 bits per heavy atom. The third kappa shape index (κ3) is 3.24. The van der Waals surface area contributed by atoms with Crippen LogP contribution in [0.15, 0.2) is 48.0 Å². The number of nitrogens with one attached hydrogen (secondary N) is 1. The van der Waals surface area contributed by atoms with Crippen LogP contribution in [-0.2, 0) is 6.54 Å². The molecule has 0 aliphatic carbocycles. The first kappa shape index (κ1) is 13.7. The summed E-state index contributed by atoms with van der Waals surface area (Å²) in [6.45, 7) is 0.673. The van der Waals surface area contributed by atoms with Crippen molar-refractivity contribution in [2.45, 2.75) is 12.6 Å². The van der Waals surface area contributed by atoms with E-state index in [4.69, 9.17) is 11.6 Å². The summed E-state index contributed by atoms with van der Waals surface area (Å²) in [6, 6.07) is 12.2. The van der Waals surface area contributed by atoms with E-state index in [0.29, 0.717) is 6.54 Å². The third-order valence-electron chi connectivity index (χ3n) is 2.82. The second-order valence-corrected chi connectivity index (χ2v) is 6.91. The Kier molecular flexibility index (Phi) is 4.42. The number of hydrogen-bond donors (Lipinski definition) is 1. The lowest BCUT2D eigenvalue weighted by Crippen LogP contribution is -2.21. The van der Waals surface area contributed by atoms with Gasteiger partial charge >= 0.3 is 0 Å². The molecule has 3 aromatic rings. The van der Waals surface area contributed by atoms with Crippen LogP contribution < -0.4 is 5.32 Å². The van der Waals surface area contributed by atoms with E-state index in [2.05, 4.69) is 39.1 Å². The summed E-state index contributed by atoms with van der Waals surface area (Å²) >= 11 is 9.39. The molecule has 3 heterocycles. The fraction of sp³-hybridized carbons (Fsp3) is 0.143. The molecule has 3 nitrogen and oxygen atoms in total. The van der Waals surface area contributed by atoms with Crippen molar-refractivity contribution in [1.82, 2.24) is 15.5 Å². The van der Waals surface area contributed by atoms with Crippen molar-refractivity contribution in [2.75, 3.05) is 0 Å². The predicted molar refractivity (Wildman–Crippen MR) is 84.4 cm³/mol. The number of aromatic nitrogens is 2. The zero-order valence-corrected chi connectivity index (χ0v) is 12.9. The molecule has 6 heteroatoms. The van der Waals surface area contributed by atoms with Crippen molar-refractivity contribution in [2.24, 2.45) is 0 Å². The molecule has 3 rings (SSSR count). The van der Waals surface area contributed by atoms with E-state index < -0.39 is 0 Å². The highest BCUT2D eigenvalue weighted by atomic mass is 35.5. The van der Waals surface area contributed by atoms with E-state index in [0.717, 1.165) is 10.0 Å². The SMILES string of the molecule is Clc1ccc(C(NCc2cccnn2)c2cccs2)s1. The van der Waals surface area contributed by atoms with Crippen molar-refractivity contribution in [3.05, 3.63) is 67.8 Å². The van der Waals surface area contributed by atoms with E-state index in [1.165, 1.54) is 9.75 Å². The molecule has 1 atom stereocenters. The van der Waals surface area contributed by atoms with Crippen LogP contribution in [0.3, 0.4) is 0 Å². The molecule has 0 saturated carbocycles. The van der Waals surface area contributed by atoms with Gasteiger partial charge in [0.25, 0.3) is 0 Å². The fourth-order valence-electron chi connectivity index (χ4n) is 1.91. The first-order valence-electron chi connectivity index (χ1n) is 6.11.